The van der Waals surface area contributed by atoms with Crippen LogP contribution >= 0.6 is 11.6 Å². The summed E-state index contributed by atoms with van der Waals surface area (Å²) in [6.45, 7) is 3.26. The number of hydrogen-bond acceptors (Lipinski definition) is 4. The average Bonchev–Trinajstić information content (AvgIpc) is 2.76. The van der Waals surface area contributed by atoms with Crippen LogP contribution in [0.5, 0.6) is 0 Å². The Hall–Kier alpha value is -2.86. The monoisotopic (exact) mass is 437 g/mol. The van der Waals surface area contributed by atoms with Gasteiger partial charge in [0.1, 0.15) is 0 Å². The number of para-hydroxylation sites is 2. The molecular formula is C25H28ClN3O2. The molecule has 5 nitrogen and oxygen atoms in total. The molecule has 0 saturated carbocycles. The van der Waals surface area contributed by atoms with E-state index in [1.165, 1.54) is 0 Å². The van der Waals surface area contributed by atoms with Gasteiger partial charge in [-0.2, -0.15) is 0 Å². The Balaban J connectivity index is 1.64. The van der Waals surface area contributed by atoms with E-state index in [1.807, 2.05) is 42.5 Å². The van der Waals surface area contributed by atoms with E-state index < -0.39 is 0 Å². The summed E-state index contributed by atoms with van der Waals surface area (Å²) in [7, 11) is 0. The lowest BCUT2D eigenvalue weighted by Crippen LogP contribution is -2.26. The van der Waals surface area contributed by atoms with Crippen LogP contribution in [0, 0.1) is 0 Å². The van der Waals surface area contributed by atoms with Gasteiger partial charge in [0, 0.05) is 29.2 Å². The fourth-order valence-electron chi connectivity index (χ4n) is 3.33. The highest BCUT2D eigenvalue weighted by molar-refractivity contribution is 6.33. The third-order valence-corrected chi connectivity index (χ3v) is 5.34. The van der Waals surface area contributed by atoms with Gasteiger partial charge in [0.25, 0.3) is 5.91 Å². The van der Waals surface area contributed by atoms with E-state index in [2.05, 4.69) is 17.6 Å². The molecule has 162 valence electrons. The molecule has 0 saturated heterocycles. The van der Waals surface area contributed by atoms with Gasteiger partial charge in [-0.15, -0.1) is 0 Å². The molecule has 0 fully saturated rings. The lowest BCUT2D eigenvalue weighted by Gasteiger charge is -2.12. The average molecular weight is 438 g/mol. The van der Waals surface area contributed by atoms with Crippen LogP contribution in [-0.4, -0.2) is 23.7 Å². The van der Waals surface area contributed by atoms with Gasteiger partial charge >= 0.3 is 0 Å². The summed E-state index contributed by atoms with van der Waals surface area (Å²) in [5, 5.41) is 16.5. The number of rotatable bonds is 9. The summed E-state index contributed by atoms with van der Waals surface area (Å²) in [6, 6.07) is 20.4. The summed E-state index contributed by atoms with van der Waals surface area (Å²) in [6.07, 6.45) is 1.43. The zero-order chi connectivity index (χ0) is 22.2. The minimum atomic E-state index is -0.325. The highest BCUT2D eigenvalue weighted by Gasteiger charge is 2.10. The number of carbonyl (C=O) groups excluding carboxylic acids is 1. The molecule has 0 radical (unpaired) electrons. The van der Waals surface area contributed by atoms with Crippen LogP contribution in [0.15, 0.2) is 66.7 Å². The Bertz CT molecular complexity index is 1020. The maximum Gasteiger partial charge on any atom is 0.255 e. The highest BCUT2D eigenvalue weighted by Crippen LogP contribution is 2.29. The first-order chi connectivity index (χ1) is 15.0. The van der Waals surface area contributed by atoms with Crippen LogP contribution in [-0.2, 0) is 6.54 Å². The van der Waals surface area contributed by atoms with E-state index in [1.54, 1.807) is 24.3 Å². The van der Waals surface area contributed by atoms with Crippen LogP contribution in [0.3, 0.4) is 0 Å². The molecule has 3 rings (SSSR count). The molecule has 3 aromatic rings. The molecular weight excluding hydrogens is 410 g/mol. The first kappa shape index (κ1) is 22.8. The Kier molecular flexibility index (Phi) is 8.06. The molecule has 0 heterocycles. The van der Waals surface area contributed by atoms with Crippen molar-refractivity contribution in [3.63, 3.8) is 0 Å². The van der Waals surface area contributed by atoms with Gasteiger partial charge in [0.05, 0.1) is 17.5 Å². The predicted octanol–water partition coefficient (Wildman–Crippen LogP) is 5.09. The van der Waals surface area contributed by atoms with E-state index in [9.17, 15) is 9.90 Å². The van der Waals surface area contributed by atoms with Crippen molar-refractivity contribution in [3.05, 3.63) is 82.9 Å². The fourth-order valence-corrected chi connectivity index (χ4v) is 3.64. The summed E-state index contributed by atoms with van der Waals surface area (Å²) >= 11 is 6.51. The Morgan fingerprint density at radius 1 is 1.10 bits per heavy atom. The molecule has 6 heteroatoms. The molecule has 0 spiro atoms. The van der Waals surface area contributed by atoms with Crippen molar-refractivity contribution >= 4 is 28.9 Å². The zero-order valence-corrected chi connectivity index (χ0v) is 18.3. The number of anilines is 2. The van der Waals surface area contributed by atoms with Gasteiger partial charge in [0.15, 0.2) is 0 Å². The maximum absolute atomic E-state index is 12.5. The lowest BCUT2D eigenvalue weighted by atomic mass is 10.0. The van der Waals surface area contributed by atoms with Crippen molar-refractivity contribution in [1.29, 1.82) is 0 Å². The van der Waals surface area contributed by atoms with Crippen molar-refractivity contribution in [1.82, 2.24) is 5.32 Å². The minimum absolute atomic E-state index is 0.220. The first-order valence-electron chi connectivity index (χ1n) is 10.4. The Labute approximate surface area is 188 Å². The number of aliphatic hydroxyl groups excluding tert-OH is 1. The van der Waals surface area contributed by atoms with Crippen molar-refractivity contribution in [2.24, 2.45) is 0 Å². The topological polar surface area (TPSA) is 87.4 Å². The van der Waals surface area contributed by atoms with Gasteiger partial charge in [-0.05, 0) is 47.9 Å². The summed E-state index contributed by atoms with van der Waals surface area (Å²) < 4.78 is 0. The number of halogens is 1. The molecule has 0 aliphatic carbocycles. The van der Waals surface area contributed by atoms with Crippen LogP contribution in [0.4, 0.5) is 11.4 Å². The van der Waals surface area contributed by atoms with E-state index in [4.69, 9.17) is 17.3 Å². The third kappa shape index (κ3) is 6.31. The number of aliphatic hydroxyl groups is 1. The lowest BCUT2D eigenvalue weighted by molar-refractivity contribution is 0.102. The quantitative estimate of drug-likeness (QED) is 0.351. The number of nitrogens with one attached hydrogen (secondary N) is 2. The van der Waals surface area contributed by atoms with Crippen LogP contribution in [0.1, 0.15) is 35.7 Å². The van der Waals surface area contributed by atoms with Crippen molar-refractivity contribution in [2.75, 3.05) is 17.6 Å². The second-order valence-electron chi connectivity index (χ2n) is 7.51. The van der Waals surface area contributed by atoms with E-state index in [-0.39, 0.29) is 12.0 Å². The van der Waals surface area contributed by atoms with Gasteiger partial charge in [-0.1, -0.05) is 61.3 Å². The SMILES string of the molecule is CCCC(O)CNCc1ccc(-c2ccc(C(=O)Nc3ccccc3N)cc2)c(Cl)c1. The van der Waals surface area contributed by atoms with Crippen LogP contribution in [0.25, 0.3) is 11.1 Å². The molecule has 31 heavy (non-hydrogen) atoms. The molecule has 5 N–H and O–H groups in total. The first-order valence-corrected chi connectivity index (χ1v) is 10.8. The minimum Gasteiger partial charge on any atom is -0.397 e. The van der Waals surface area contributed by atoms with Gasteiger partial charge in [0.2, 0.25) is 0 Å². The van der Waals surface area contributed by atoms with Crippen molar-refractivity contribution < 1.29 is 9.90 Å². The molecule has 1 unspecified atom stereocenters. The van der Waals surface area contributed by atoms with Gasteiger partial charge < -0.3 is 21.5 Å². The maximum atomic E-state index is 12.5. The number of nitrogen functional groups attached to an aromatic ring is 1. The molecule has 0 bridgehead atoms. The number of benzene rings is 3. The molecule has 1 amide bonds. The van der Waals surface area contributed by atoms with Crippen molar-refractivity contribution in [2.45, 2.75) is 32.4 Å². The second-order valence-corrected chi connectivity index (χ2v) is 7.91. The molecule has 0 aromatic heterocycles. The summed E-state index contributed by atoms with van der Waals surface area (Å²) in [5.74, 6) is -0.220. The zero-order valence-electron chi connectivity index (χ0n) is 17.6. The van der Waals surface area contributed by atoms with Gasteiger partial charge in [-0.25, -0.2) is 0 Å². The number of carbonyl (C=O) groups is 1. The van der Waals surface area contributed by atoms with Crippen LogP contribution < -0.4 is 16.4 Å². The normalized spacial score (nSPS) is 11.8. The highest BCUT2D eigenvalue weighted by atomic mass is 35.5. The molecule has 0 aliphatic rings. The van der Waals surface area contributed by atoms with E-state index in [0.717, 1.165) is 29.5 Å². The van der Waals surface area contributed by atoms with E-state index in [0.29, 0.717) is 35.1 Å². The van der Waals surface area contributed by atoms with Crippen molar-refractivity contribution in [3.8, 4) is 11.1 Å². The summed E-state index contributed by atoms with van der Waals surface area (Å²) in [5.41, 5.74) is 10.4. The molecule has 1 atom stereocenters. The fraction of sp³-hybridized carbons (Fsp3) is 0.240. The Morgan fingerprint density at radius 2 is 1.84 bits per heavy atom. The number of amides is 1. The second kappa shape index (κ2) is 11.0. The third-order valence-electron chi connectivity index (χ3n) is 5.03. The standard InChI is InChI=1S/C25H28ClN3O2/c1-2-5-20(30)16-28-15-17-8-13-21(22(26)14-17)18-9-11-19(12-10-18)25(31)29-24-7-4-3-6-23(24)27/h3-4,6-14,20,28,30H,2,5,15-16,27H2,1H3,(H,29,31). The predicted molar refractivity (Wildman–Crippen MR) is 128 cm³/mol. The summed E-state index contributed by atoms with van der Waals surface area (Å²) in [4.78, 5) is 12.5. The molecule has 0 aliphatic heterocycles. The smallest absolute Gasteiger partial charge is 0.255 e. The molecule has 3 aromatic carbocycles. The largest absolute Gasteiger partial charge is 0.397 e. The number of hydrogen-bond donors (Lipinski definition) is 4. The van der Waals surface area contributed by atoms with E-state index >= 15 is 0 Å². The van der Waals surface area contributed by atoms with Gasteiger partial charge in [-0.3, -0.25) is 4.79 Å². The van der Waals surface area contributed by atoms with Crippen LogP contribution in [0.2, 0.25) is 5.02 Å². The Morgan fingerprint density at radius 3 is 2.52 bits per heavy atom. The number of nitrogens with two attached hydrogens (primary N) is 1.